The third-order valence-electron chi connectivity index (χ3n) is 6.71. The Kier molecular flexibility index (Phi) is 5.13. The van der Waals surface area contributed by atoms with Crippen LogP contribution in [0.5, 0.6) is 0 Å². The third kappa shape index (κ3) is 2.89. The Balaban J connectivity index is 1.68. The molecule has 0 saturated heterocycles. The highest BCUT2D eigenvalue weighted by Crippen LogP contribution is 2.58. The summed E-state index contributed by atoms with van der Waals surface area (Å²) >= 11 is 7.19. The highest BCUT2D eigenvalue weighted by atomic mass is 79.9. The average Bonchev–Trinajstić information content (AvgIpc) is 3.30. The lowest BCUT2D eigenvalue weighted by Gasteiger charge is -2.44. The van der Waals surface area contributed by atoms with Crippen LogP contribution >= 0.6 is 31.9 Å². The second kappa shape index (κ2) is 8.08. The van der Waals surface area contributed by atoms with Crippen molar-refractivity contribution in [1.29, 1.82) is 0 Å². The minimum Gasteiger partial charge on any atom is -0.311 e. The molecule has 2 aliphatic heterocycles. The van der Waals surface area contributed by atoms with E-state index in [1.807, 2.05) is 7.05 Å². The van der Waals surface area contributed by atoms with Crippen molar-refractivity contribution in [3.63, 3.8) is 0 Å². The van der Waals surface area contributed by atoms with E-state index < -0.39 is 5.66 Å². The standard InChI is InChI=1S/C28H22Br2N4/c1-31-27-23-7-3-5-9-25(23)33(21-15-11-19(29)12-16-21)28(27)24-8-4-6-10-26(24)34(32(28)2)22-17-13-20(30)14-18-22/h3-18H,1-2H3. The monoisotopic (exact) mass is 572 g/mol. The Bertz CT molecular complexity index is 1420. The number of hydrogen-bond acceptors (Lipinski definition) is 4. The van der Waals surface area contributed by atoms with E-state index in [0.29, 0.717) is 0 Å². The number of benzene rings is 4. The van der Waals surface area contributed by atoms with Crippen LogP contribution in [0.1, 0.15) is 11.1 Å². The van der Waals surface area contributed by atoms with Gasteiger partial charge in [-0.25, -0.2) is 0 Å². The Morgan fingerprint density at radius 3 is 1.88 bits per heavy atom. The number of nitrogens with zero attached hydrogens (tertiary/aromatic N) is 4. The summed E-state index contributed by atoms with van der Waals surface area (Å²) < 4.78 is 2.11. The van der Waals surface area contributed by atoms with E-state index in [1.54, 1.807) is 0 Å². The third-order valence-corrected chi connectivity index (χ3v) is 7.77. The summed E-state index contributed by atoms with van der Waals surface area (Å²) in [5.74, 6) is 0. The zero-order chi connectivity index (χ0) is 23.4. The van der Waals surface area contributed by atoms with Gasteiger partial charge >= 0.3 is 0 Å². The van der Waals surface area contributed by atoms with Crippen molar-refractivity contribution in [2.45, 2.75) is 5.66 Å². The minimum absolute atomic E-state index is 0.643. The van der Waals surface area contributed by atoms with E-state index in [-0.39, 0.29) is 0 Å². The van der Waals surface area contributed by atoms with Crippen molar-refractivity contribution in [2.75, 3.05) is 24.0 Å². The van der Waals surface area contributed by atoms with Crippen LogP contribution in [0.15, 0.2) is 111 Å². The lowest BCUT2D eigenvalue weighted by atomic mass is 9.92. The lowest BCUT2D eigenvalue weighted by Crippen LogP contribution is -2.57. The number of para-hydroxylation sites is 2. The van der Waals surface area contributed by atoms with E-state index in [9.17, 15) is 0 Å². The van der Waals surface area contributed by atoms with Crippen molar-refractivity contribution in [2.24, 2.45) is 4.99 Å². The molecule has 6 heteroatoms. The number of likely N-dealkylation sites (N-methyl/N-ethyl adjacent to an activating group) is 1. The molecule has 0 aliphatic carbocycles. The molecule has 168 valence electrons. The van der Waals surface area contributed by atoms with Crippen molar-refractivity contribution >= 4 is 60.3 Å². The second-order valence-electron chi connectivity index (χ2n) is 8.40. The fourth-order valence-corrected chi connectivity index (χ4v) is 5.93. The van der Waals surface area contributed by atoms with Crippen LogP contribution < -0.4 is 9.91 Å². The first-order chi connectivity index (χ1) is 16.6. The molecule has 1 unspecified atom stereocenters. The molecule has 0 N–H and O–H groups in total. The summed E-state index contributed by atoms with van der Waals surface area (Å²) in [5.41, 5.74) is 7.21. The Morgan fingerprint density at radius 1 is 0.676 bits per heavy atom. The van der Waals surface area contributed by atoms with Gasteiger partial charge in [0.2, 0.25) is 0 Å². The molecule has 4 aromatic carbocycles. The number of fused-ring (bicyclic) bond motifs is 3. The number of hydrogen-bond donors (Lipinski definition) is 0. The van der Waals surface area contributed by atoms with Crippen LogP contribution in [0, 0.1) is 0 Å². The summed E-state index contributed by atoms with van der Waals surface area (Å²) in [6, 6.07) is 34.2. The Labute approximate surface area is 216 Å². The molecule has 0 aromatic heterocycles. The summed E-state index contributed by atoms with van der Waals surface area (Å²) in [7, 11) is 4.06. The smallest absolute Gasteiger partial charge is 0.187 e. The molecule has 0 saturated carbocycles. The van der Waals surface area contributed by atoms with E-state index in [4.69, 9.17) is 4.99 Å². The zero-order valence-corrected chi connectivity index (χ0v) is 22.0. The van der Waals surface area contributed by atoms with Crippen LogP contribution in [0.25, 0.3) is 0 Å². The maximum absolute atomic E-state index is 4.94. The first kappa shape index (κ1) is 21.6. The predicted molar refractivity (Wildman–Crippen MR) is 147 cm³/mol. The van der Waals surface area contributed by atoms with Crippen molar-refractivity contribution in [3.8, 4) is 0 Å². The topological polar surface area (TPSA) is 22.1 Å². The van der Waals surface area contributed by atoms with Gasteiger partial charge in [-0.2, -0.15) is 5.01 Å². The number of hydrazine groups is 1. The number of anilines is 4. The largest absolute Gasteiger partial charge is 0.311 e. The molecule has 2 aliphatic rings. The fourth-order valence-electron chi connectivity index (χ4n) is 5.40. The number of aliphatic imine (C=N–C) groups is 1. The van der Waals surface area contributed by atoms with Gasteiger partial charge in [0.1, 0.15) is 0 Å². The molecule has 34 heavy (non-hydrogen) atoms. The maximum atomic E-state index is 4.94. The van der Waals surface area contributed by atoms with Crippen LogP contribution in [0.4, 0.5) is 22.7 Å². The van der Waals surface area contributed by atoms with Crippen LogP contribution in [-0.4, -0.2) is 24.8 Å². The Morgan fingerprint density at radius 2 is 1.24 bits per heavy atom. The molecular formula is C28H22Br2N4. The van der Waals surface area contributed by atoms with E-state index in [1.165, 1.54) is 5.56 Å². The molecule has 4 nitrogen and oxygen atoms in total. The maximum Gasteiger partial charge on any atom is 0.187 e. The zero-order valence-electron chi connectivity index (χ0n) is 18.8. The second-order valence-corrected chi connectivity index (χ2v) is 10.2. The van der Waals surface area contributed by atoms with E-state index >= 15 is 0 Å². The Hall–Kier alpha value is -2.93. The lowest BCUT2D eigenvalue weighted by molar-refractivity contribution is 0.225. The van der Waals surface area contributed by atoms with Gasteiger partial charge in [0, 0.05) is 39.9 Å². The van der Waals surface area contributed by atoms with Crippen LogP contribution in [0.2, 0.25) is 0 Å². The summed E-state index contributed by atoms with van der Waals surface area (Å²) in [4.78, 5) is 7.36. The quantitative estimate of drug-likeness (QED) is 0.246. The van der Waals surface area contributed by atoms with Gasteiger partial charge in [-0.15, -0.1) is 0 Å². The van der Waals surface area contributed by atoms with E-state index in [0.717, 1.165) is 43.0 Å². The van der Waals surface area contributed by atoms with Gasteiger partial charge in [-0.1, -0.05) is 68.3 Å². The molecule has 0 amide bonds. The molecule has 0 fully saturated rings. The molecule has 1 atom stereocenters. The summed E-state index contributed by atoms with van der Waals surface area (Å²) in [6.07, 6.45) is 0. The predicted octanol–water partition coefficient (Wildman–Crippen LogP) is 7.63. The van der Waals surface area contributed by atoms with Gasteiger partial charge in [-0.3, -0.25) is 10.0 Å². The van der Waals surface area contributed by atoms with Crippen LogP contribution in [0.3, 0.4) is 0 Å². The summed E-state index contributed by atoms with van der Waals surface area (Å²) in [6.45, 7) is 0. The number of halogens is 2. The molecule has 1 spiro atoms. The van der Waals surface area contributed by atoms with Gasteiger partial charge in [0.25, 0.3) is 0 Å². The molecule has 4 aromatic rings. The normalized spacial score (nSPS) is 20.3. The molecule has 6 rings (SSSR count). The molecular weight excluding hydrogens is 552 g/mol. The van der Waals surface area contributed by atoms with Gasteiger partial charge in [-0.05, 0) is 60.7 Å². The number of rotatable bonds is 2. The highest BCUT2D eigenvalue weighted by molar-refractivity contribution is 9.10. The van der Waals surface area contributed by atoms with Crippen molar-refractivity contribution in [1.82, 2.24) is 5.01 Å². The average molecular weight is 574 g/mol. The SMILES string of the molecule is CN=C1c2ccccc2N(c2ccc(Br)cc2)C12c1ccccc1N(c1ccc(Br)cc1)N2C. The minimum atomic E-state index is -0.643. The van der Waals surface area contributed by atoms with Crippen molar-refractivity contribution < 1.29 is 0 Å². The van der Waals surface area contributed by atoms with Gasteiger partial charge in [0.15, 0.2) is 5.66 Å². The molecule has 0 bridgehead atoms. The van der Waals surface area contributed by atoms with E-state index in [2.05, 4.69) is 151 Å². The first-order valence-electron chi connectivity index (χ1n) is 11.1. The first-order valence-corrected chi connectivity index (χ1v) is 12.7. The highest BCUT2D eigenvalue weighted by Gasteiger charge is 2.60. The summed E-state index contributed by atoms with van der Waals surface area (Å²) in [5, 5.41) is 4.62. The van der Waals surface area contributed by atoms with Crippen molar-refractivity contribution in [3.05, 3.63) is 117 Å². The van der Waals surface area contributed by atoms with Gasteiger partial charge in [0.05, 0.1) is 22.8 Å². The van der Waals surface area contributed by atoms with Crippen LogP contribution in [-0.2, 0) is 5.66 Å². The molecule has 0 radical (unpaired) electrons. The molecule has 2 heterocycles. The van der Waals surface area contributed by atoms with Gasteiger partial charge < -0.3 is 4.90 Å². The fraction of sp³-hybridized carbons (Fsp3) is 0.107.